The highest BCUT2D eigenvalue weighted by Crippen LogP contribution is 2.13. The molecule has 0 aliphatic heterocycles. The number of methoxy groups -OCH3 is 1. The van der Waals surface area contributed by atoms with E-state index in [1.165, 1.54) is 7.11 Å². The minimum Gasteiger partial charge on any atom is -0.467 e. The molecule has 0 heterocycles. The maximum Gasteiger partial charge on any atom is 0.329 e. The number of nitrogens with one attached hydrogen (secondary N) is 3. The molecule has 0 radical (unpaired) electrons. The van der Waals surface area contributed by atoms with Crippen molar-refractivity contribution >= 4 is 11.9 Å². The van der Waals surface area contributed by atoms with Crippen LogP contribution >= 0.6 is 0 Å². The molecule has 0 aliphatic carbocycles. The van der Waals surface area contributed by atoms with E-state index in [9.17, 15) is 9.59 Å². The van der Waals surface area contributed by atoms with Crippen molar-refractivity contribution in [3.8, 4) is 0 Å². The van der Waals surface area contributed by atoms with E-state index in [1.807, 2.05) is 13.8 Å². The topological polar surface area (TPSA) is 79.5 Å². The van der Waals surface area contributed by atoms with Gasteiger partial charge in [-0.1, -0.05) is 0 Å². The Labute approximate surface area is 102 Å². The smallest absolute Gasteiger partial charge is 0.329 e. The molecule has 17 heavy (non-hydrogen) atoms. The van der Waals surface area contributed by atoms with E-state index < -0.39 is 17.4 Å². The Hall–Kier alpha value is -1.14. The van der Waals surface area contributed by atoms with Crippen LogP contribution in [0.3, 0.4) is 0 Å². The zero-order chi connectivity index (χ0) is 13.5. The molecule has 0 bridgehead atoms. The van der Waals surface area contributed by atoms with E-state index in [-0.39, 0.29) is 5.91 Å². The normalized spacial score (nSPS) is 13.0. The third-order valence-electron chi connectivity index (χ3n) is 2.43. The highest BCUT2D eigenvalue weighted by atomic mass is 16.5. The quantitative estimate of drug-likeness (QED) is 0.507. The second-order valence-electron chi connectivity index (χ2n) is 4.52. The van der Waals surface area contributed by atoms with Crippen molar-refractivity contribution in [1.82, 2.24) is 16.0 Å². The molecule has 0 aromatic heterocycles. The van der Waals surface area contributed by atoms with E-state index in [4.69, 9.17) is 0 Å². The molecule has 0 aliphatic rings. The van der Waals surface area contributed by atoms with Crippen molar-refractivity contribution in [3.63, 3.8) is 0 Å². The van der Waals surface area contributed by atoms with Gasteiger partial charge in [0.05, 0.1) is 12.5 Å². The first kappa shape index (κ1) is 15.9. The number of ether oxygens (including phenoxy) is 1. The summed E-state index contributed by atoms with van der Waals surface area (Å²) in [6, 6.07) is -0.659. The third kappa shape index (κ3) is 5.14. The first-order chi connectivity index (χ1) is 7.88. The molecule has 0 aromatic rings. The number of carbonyl (C=O) groups excluding carboxylic acids is 2. The average molecular weight is 245 g/mol. The van der Waals surface area contributed by atoms with E-state index >= 15 is 0 Å². The molecular formula is C11H23N3O3. The summed E-state index contributed by atoms with van der Waals surface area (Å²) in [4.78, 5) is 23.4. The molecule has 6 heteroatoms. The van der Waals surface area contributed by atoms with Crippen molar-refractivity contribution in [1.29, 1.82) is 0 Å². The Kier molecular flexibility index (Phi) is 6.75. The van der Waals surface area contributed by atoms with Gasteiger partial charge in [0.25, 0.3) is 0 Å². The van der Waals surface area contributed by atoms with Gasteiger partial charge in [-0.3, -0.25) is 4.79 Å². The highest BCUT2D eigenvalue weighted by Gasteiger charge is 2.30. The van der Waals surface area contributed by atoms with E-state index in [1.54, 1.807) is 14.1 Å². The minimum absolute atomic E-state index is 0.183. The van der Waals surface area contributed by atoms with Gasteiger partial charge >= 0.3 is 5.97 Å². The van der Waals surface area contributed by atoms with Gasteiger partial charge in [-0.25, -0.2) is 4.79 Å². The summed E-state index contributed by atoms with van der Waals surface area (Å²) in [6.45, 7) is 4.50. The molecular weight excluding hydrogens is 222 g/mol. The molecule has 1 unspecified atom stereocenters. The zero-order valence-electron chi connectivity index (χ0n) is 11.2. The van der Waals surface area contributed by atoms with Crippen LogP contribution in [0.5, 0.6) is 0 Å². The fourth-order valence-electron chi connectivity index (χ4n) is 1.42. The molecule has 0 aromatic carbocycles. The van der Waals surface area contributed by atoms with Crippen LogP contribution in [-0.2, 0) is 14.3 Å². The Balaban J connectivity index is 4.54. The summed E-state index contributed by atoms with van der Waals surface area (Å²) in [6.07, 6.45) is 0. The molecule has 1 atom stereocenters. The first-order valence-electron chi connectivity index (χ1n) is 5.57. The van der Waals surface area contributed by atoms with Crippen molar-refractivity contribution < 1.29 is 14.3 Å². The lowest BCUT2D eigenvalue weighted by Gasteiger charge is -2.26. The number of carbonyl (C=O) groups is 2. The Bertz CT molecular complexity index is 267. The molecule has 0 spiro atoms. The van der Waals surface area contributed by atoms with Gasteiger partial charge in [0.1, 0.15) is 6.04 Å². The van der Waals surface area contributed by atoms with Crippen LogP contribution < -0.4 is 16.0 Å². The van der Waals surface area contributed by atoms with Crippen LogP contribution in [0.15, 0.2) is 0 Å². The molecule has 0 fully saturated rings. The Morgan fingerprint density at radius 3 is 2.24 bits per heavy atom. The number of rotatable bonds is 7. The van der Waals surface area contributed by atoms with Gasteiger partial charge in [0.2, 0.25) is 5.91 Å². The van der Waals surface area contributed by atoms with Gasteiger partial charge in [0.15, 0.2) is 0 Å². The molecule has 6 nitrogen and oxygen atoms in total. The lowest BCUT2D eigenvalue weighted by atomic mass is 9.92. The maximum atomic E-state index is 12.0. The van der Waals surface area contributed by atoms with Crippen molar-refractivity contribution in [2.45, 2.75) is 19.9 Å². The number of amides is 1. The highest BCUT2D eigenvalue weighted by molar-refractivity contribution is 5.87. The summed E-state index contributed by atoms with van der Waals surface area (Å²) in [7, 11) is 4.79. The molecule has 0 rings (SSSR count). The molecule has 1 amide bonds. The lowest BCUT2D eigenvalue weighted by Crippen LogP contribution is -2.52. The van der Waals surface area contributed by atoms with Crippen LogP contribution in [0, 0.1) is 5.41 Å². The number of hydrogen-bond acceptors (Lipinski definition) is 5. The minimum atomic E-state index is -0.659. The summed E-state index contributed by atoms with van der Waals surface area (Å²) in [5.41, 5.74) is -0.575. The largest absolute Gasteiger partial charge is 0.467 e. The van der Waals surface area contributed by atoms with Crippen LogP contribution in [0.1, 0.15) is 13.8 Å². The van der Waals surface area contributed by atoms with Crippen LogP contribution in [-0.4, -0.2) is 52.2 Å². The average Bonchev–Trinajstić information content (AvgIpc) is 2.27. The summed E-state index contributed by atoms with van der Waals surface area (Å²) >= 11 is 0. The van der Waals surface area contributed by atoms with Crippen LogP contribution in [0.4, 0.5) is 0 Å². The first-order valence-corrected chi connectivity index (χ1v) is 5.57. The molecule has 0 saturated carbocycles. The molecule has 3 N–H and O–H groups in total. The predicted octanol–water partition coefficient (Wildman–Crippen LogP) is -0.891. The second kappa shape index (κ2) is 7.24. The lowest BCUT2D eigenvalue weighted by molar-refractivity contribution is -0.146. The zero-order valence-corrected chi connectivity index (χ0v) is 11.2. The second-order valence-corrected chi connectivity index (χ2v) is 4.52. The molecule has 0 saturated heterocycles. The Morgan fingerprint density at radius 1 is 1.24 bits per heavy atom. The van der Waals surface area contributed by atoms with Crippen LogP contribution in [0.25, 0.3) is 0 Å². The van der Waals surface area contributed by atoms with Gasteiger partial charge in [-0.15, -0.1) is 0 Å². The summed E-state index contributed by atoms with van der Waals surface area (Å²) in [5.74, 6) is -0.634. The van der Waals surface area contributed by atoms with E-state index in [0.717, 1.165) is 0 Å². The number of esters is 1. The van der Waals surface area contributed by atoms with E-state index in [2.05, 4.69) is 20.7 Å². The van der Waals surface area contributed by atoms with Crippen molar-refractivity contribution in [2.24, 2.45) is 5.41 Å². The fourth-order valence-corrected chi connectivity index (χ4v) is 1.42. The van der Waals surface area contributed by atoms with Crippen molar-refractivity contribution in [2.75, 3.05) is 34.3 Å². The predicted molar refractivity (Wildman–Crippen MR) is 65.6 cm³/mol. The summed E-state index contributed by atoms with van der Waals surface area (Å²) < 4.78 is 4.63. The van der Waals surface area contributed by atoms with Gasteiger partial charge in [-0.2, -0.15) is 0 Å². The third-order valence-corrected chi connectivity index (χ3v) is 2.43. The fraction of sp³-hybridized carbons (Fsp3) is 0.818. The van der Waals surface area contributed by atoms with Gasteiger partial charge < -0.3 is 20.7 Å². The number of hydrogen-bond donors (Lipinski definition) is 3. The maximum absolute atomic E-state index is 12.0. The van der Waals surface area contributed by atoms with Gasteiger partial charge in [0, 0.05) is 13.1 Å². The van der Waals surface area contributed by atoms with Crippen molar-refractivity contribution in [3.05, 3.63) is 0 Å². The van der Waals surface area contributed by atoms with E-state index in [0.29, 0.717) is 13.1 Å². The summed E-state index contributed by atoms with van der Waals surface area (Å²) in [5, 5.41) is 8.46. The monoisotopic (exact) mass is 245 g/mol. The molecule has 100 valence electrons. The van der Waals surface area contributed by atoms with Crippen LogP contribution in [0.2, 0.25) is 0 Å². The standard InChI is InChI=1S/C11H23N3O3/c1-11(2,7-13-4)10(16)14-8(6-12-3)9(15)17-5/h8,12-13H,6-7H2,1-5H3,(H,14,16). The Morgan fingerprint density at radius 2 is 1.82 bits per heavy atom. The SMILES string of the molecule is CNCC(NC(=O)C(C)(C)CNC)C(=O)OC. The van der Waals surface area contributed by atoms with Gasteiger partial charge in [-0.05, 0) is 27.9 Å². The number of likely N-dealkylation sites (N-methyl/N-ethyl adjacent to an activating group) is 1.